The fourth-order valence-electron chi connectivity index (χ4n) is 2.28. The Morgan fingerprint density at radius 1 is 1.04 bits per heavy atom. The van der Waals surface area contributed by atoms with Crippen molar-refractivity contribution in [1.29, 1.82) is 0 Å². The molecule has 2 aromatic rings. The molecule has 0 unspecified atom stereocenters. The molecule has 8 heteroatoms. The quantitative estimate of drug-likeness (QED) is 0.770. The normalized spacial score (nSPS) is 11.0. The van der Waals surface area contributed by atoms with E-state index in [4.69, 9.17) is 4.74 Å². The second kappa shape index (κ2) is 9.07. The topological polar surface area (TPSA) is 67.4 Å². The second-order valence-electron chi connectivity index (χ2n) is 5.77. The van der Waals surface area contributed by atoms with Gasteiger partial charge in [0.1, 0.15) is 5.75 Å². The zero-order valence-electron chi connectivity index (χ0n) is 14.6. The van der Waals surface area contributed by atoms with E-state index in [1.54, 1.807) is 31.2 Å². The van der Waals surface area contributed by atoms with Crippen LogP contribution in [0.5, 0.6) is 5.75 Å². The van der Waals surface area contributed by atoms with E-state index >= 15 is 0 Å². The molecule has 2 rings (SSSR count). The number of amides is 2. The molecule has 144 valence electrons. The van der Waals surface area contributed by atoms with E-state index in [1.807, 2.05) is 6.07 Å². The Labute approximate surface area is 154 Å². The van der Waals surface area contributed by atoms with Crippen LogP contribution >= 0.6 is 0 Å². The van der Waals surface area contributed by atoms with Crippen LogP contribution in [0, 0.1) is 6.92 Å². The molecule has 0 saturated carbocycles. The molecule has 0 aliphatic heterocycles. The minimum atomic E-state index is -4.48. The fraction of sp³-hybridized carbons (Fsp3) is 0.263. The Morgan fingerprint density at radius 3 is 2.41 bits per heavy atom. The summed E-state index contributed by atoms with van der Waals surface area (Å²) in [6.45, 7) is 0.441. The van der Waals surface area contributed by atoms with Crippen molar-refractivity contribution in [2.24, 2.45) is 0 Å². The molecule has 2 aromatic carbocycles. The van der Waals surface area contributed by atoms with Gasteiger partial charge in [0.15, 0.2) is 6.61 Å². The Hall–Kier alpha value is -3.03. The average molecular weight is 380 g/mol. The molecule has 0 aliphatic carbocycles. The van der Waals surface area contributed by atoms with Crippen LogP contribution in [0.2, 0.25) is 0 Å². The van der Waals surface area contributed by atoms with E-state index in [9.17, 15) is 22.8 Å². The number of rotatable bonds is 7. The van der Waals surface area contributed by atoms with Crippen molar-refractivity contribution in [3.63, 3.8) is 0 Å². The van der Waals surface area contributed by atoms with Gasteiger partial charge in [-0.2, -0.15) is 13.2 Å². The van der Waals surface area contributed by atoms with Gasteiger partial charge in [-0.25, -0.2) is 0 Å². The summed E-state index contributed by atoms with van der Waals surface area (Å²) in [6, 6.07) is 12.9. The van der Waals surface area contributed by atoms with Gasteiger partial charge in [-0.15, -0.1) is 0 Å². The Balaban J connectivity index is 1.86. The third kappa shape index (κ3) is 6.65. The lowest BCUT2D eigenvalue weighted by Gasteiger charge is -2.14. The van der Waals surface area contributed by atoms with Crippen LogP contribution in [0.25, 0.3) is 0 Å². The Morgan fingerprint density at radius 2 is 1.70 bits per heavy atom. The van der Waals surface area contributed by atoms with Crippen molar-refractivity contribution >= 4 is 17.5 Å². The molecule has 2 N–H and O–H groups in total. The molecule has 2 amide bonds. The van der Waals surface area contributed by atoms with E-state index in [0.717, 1.165) is 5.56 Å². The predicted molar refractivity (Wildman–Crippen MR) is 94.8 cm³/mol. The molecule has 0 spiro atoms. The highest BCUT2D eigenvalue weighted by atomic mass is 19.4. The highest BCUT2D eigenvalue weighted by Crippen LogP contribution is 2.26. The van der Waals surface area contributed by atoms with Crippen molar-refractivity contribution in [1.82, 2.24) is 5.32 Å². The minimum absolute atomic E-state index is 0.0365. The number of hydrogen-bond acceptors (Lipinski definition) is 3. The standard InChI is InChI=1S/C19H19F3N2O3/c1-13-6-2-3-7-14(13)18(26)23-11-10-17(25)24-15-8-4-5-9-16(15)27-12-19(20,21)22/h2-9H,10-12H2,1H3,(H,23,26)(H,24,25). The summed E-state index contributed by atoms with van der Waals surface area (Å²) < 4.78 is 41.6. The molecule has 0 saturated heterocycles. The molecule has 0 fully saturated rings. The van der Waals surface area contributed by atoms with Crippen molar-refractivity contribution in [2.45, 2.75) is 19.5 Å². The molecule has 0 bridgehead atoms. The highest BCUT2D eigenvalue weighted by Gasteiger charge is 2.28. The van der Waals surface area contributed by atoms with Crippen LogP contribution < -0.4 is 15.4 Å². The van der Waals surface area contributed by atoms with Gasteiger partial charge in [-0.1, -0.05) is 30.3 Å². The molecular weight excluding hydrogens is 361 g/mol. The Bertz CT molecular complexity index is 807. The average Bonchev–Trinajstić information content (AvgIpc) is 2.60. The number of carbonyl (C=O) groups excluding carboxylic acids is 2. The molecule has 0 heterocycles. The summed E-state index contributed by atoms with van der Waals surface area (Å²) in [4.78, 5) is 24.1. The van der Waals surface area contributed by atoms with Crippen LogP contribution in [0.3, 0.4) is 0 Å². The van der Waals surface area contributed by atoms with Gasteiger partial charge in [-0.3, -0.25) is 9.59 Å². The molecule has 0 aromatic heterocycles. The highest BCUT2D eigenvalue weighted by molar-refractivity contribution is 5.96. The SMILES string of the molecule is Cc1ccccc1C(=O)NCCC(=O)Nc1ccccc1OCC(F)(F)F. The summed E-state index contributed by atoms with van der Waals surface area (Å²) in [6.07, 6.45) is -4.51. The maximum atomic E-state index is 12.3. The van der Waals surface area contributed by atoms with Crippen LogP contribution in [-0.4, -0.2) is 31.1 Å². The zero-order valence-corrected chi connectivity index (χ0v) is 14.6. The van der Waals surface area contributed by atoms with Gasteiger partial charge in [0.05, 0.1) is 5.69 Å². The van der Waals surface area contributed by atoms with E-state index in [-0.39, 0.29) is 30.3 Å². The molecule has 0 aliphatic rings. The van der Waals surface area contributed by atoms with E-state index in [1.165, 1.54) is 18.2 Å². The summed E-state index contributed by atoms with van der Waals surface area (Å²) in [5.41, 5.74) is 1.47. The molecule has 0 atom stereocenters. The van der Waals surface area contributed by atoms with Gasteiger partial charge in [-0.05, 0) is 30.7 Å². The van der Waals surface area contributed by atoms with Crippen molar-refractivity contribution < 1.29 is 27.5 Å². The number of para-hydroxylation sites is 2. The summed E-state index contributed by atoms with van der Waals surface area (Å²) in [5, 5.41) is 5.13. The number of nitrogens with one attached hydrogen (secondary N) is 2. The number of ether oxygens (including phenoxy) is 1. The van der Waals surface area contributed by atoms with Crippen LogP contribution in [0.15, 0.2) is 48.5 Å². The van der Waals surface area contributed by atoms with Gasteiger partial charge in [0, 0.05) is 18.5 Å². The van der Waals surface area contributed by atoms with E-state index in [2.05, 4.69) is 10.6 Å². The maximum absolute atomic E-state index is 12.3. The summed E-state index contributed by atoms with van der Waals surface area (Å²) in [7, 11) is 0. The predicted octanol–water partition coefficient (Wildman–Crippen LogP) is 3.69. The van der Waals surface area contributed by atoms with Crippen molar-refractivity contribution in [3.05, 3.63) is 59.7 Å². The maximum Gasteiger partial charge on any atom is 0.422 e. The summed E-state index contributed by atoms with van der Waals surface area (Å²) >= 11 is 0. The molecule has 27 heavy (non-hydrogen) atoms. The first-order valence-electron chi connectivity index (χ1n) is 8.18. The minimum Gasteiger partial charge on any atom is -0.482 e. The third-order valence-electron chi connectivity index (χ3n) is 3.58. The first-order valence-corrected chi connectivity index (χ1v) is 8.18. The van der Waals surface area contributed by atoms with Crippen LogP contribution in [-0.2, 0) is 4.79 Å². The first-order chi connectivity index (χ1) is 12.8. The lowest BCUT2D eigenvalue weighted by Crippen LogP contribution is -2.28. The first kappa shape index (κ1) is 20.3. The Kier molecular flexibility index (Phi) is 6.81. The lowest BCUT2D eigenvalue weighted by molar-refractivity contribution is -0.153. The van der Waals surface area contributed by atoms with Gasteiger partial charge < -0.3 is 15.4 Å². The smallest absolute Gasteiger partial charge is 0.422 e. The number of alkyl halides is 3. The molecule has 0 radical (unpaired) electrons. The van der Waals surface area contributed by atoms with Gasteiger partial charge in [0.2, 0.25) is 5.91 Å². The second-order valence-corrected chi connectivity index (χ2v) is 5.77. The van der Waals surface area contributed by atoms with E-state index in [0.29, 0.717) is 5.56 Å². The largest absolute Gasteiger partial charge is 0.482 e. The van der Waals surface area contributed by atoms with Crippen LogP contribution in [0.1, 0.15) is 22.3 Å². The number of benzene rings is 2. The van der Waals surface area contributed by atoms with Gasteiger partial charge in [0.25, 0.3) is 5.91 Å². The number of hydrogen-bond donors (Lipinski definition) is 2. The third-order valence-corrected chi connectivity index (χ3v) is 3.58. The van der Waals surface area contributed by atoms with Crippen LogP contribution in [0.4, 0.5) is 18.9 Å². The number of carbonyl (C=O) groups is 2. The lowest BCUT2D eigenvalue weighted by atomic mass is 10.1. The number of halogens is 3. The number of aryl methyl sites for hydroxylation is 1. The monoisotopic (exact) mass is 380 g/mol. The van der Waals surface area contributed by atoms with Crippen molar-refractivity contribution in [2.75, 3.05) is 18.5 Å². The fourth-order valence-corrected chi connectivity index (χ4v) is 2.28. The number of anilines is 1. The zero-order chi connectivity index (χ0) is 19.9. The molecule has 5 nitrogen and oxygen atoms in total. The van der Waals surface area contributed by atoms with Gasteiger partial charge >= 0.3 is 6.18 Å². The summed E-state index contributed by atoms with van der Waals surface area (Å²) in [5.74, 6) is -0.829. The van der Waals surface area contributed by atoms with E-state index < -0.39 is 18.7 Å². The molecular formula is C19H19F3N2O3. The van der Waals surface area contributed by atoms with Crippen molar-refractivity contribution in [3.8, 4) is 5.75 Å².